The van der Waals surface area contributed by atoms with E-state index in [0.29, 0.717) is 18.0 Å². The molecule has 2 aliphatic rings. The van der Waals surface area contributed by atoms with E-state index in [2.05, 4.69) is 30.7 Å². The summed E-state index contributed by atoms with van der Waals surface area (Å²) >= 11 is 0. The second kappa shape index (κ2) is 9.74. The van der Waals surface area contributed by atoms with E-state index in [9.17, 15) is 4.79 Å². The average molecular weight is 355 g/mol. The summed E-state index contributed by atoms with van der Waals surface area (Å²) in [6.45, 7) is 11.3. The molecule has 0 aromatic rings. The van der Waals surface area contributed by atoms with Crippen LogP contribution in [0.3, 0.4) is 0 Å². The zero-order valence-electron chi connectivity index (χ0n) is 16.9. The number of hydrogen-bond acceptors (Lipinski definition) is 4. The molecule has 1 unspecified atom stereocenters. The second-order valence-corrected chi connectivity index (χ2v) is 8.30. The van der Waals surface area contributed by atoms with E-state index in [-0.39, 0.29) is 6.03 Å². The van der Waals surface area contributed by atoms with Gasteiger partial charge in [-0.2, -0.15) is 0 Å². The van der Waals surface area contributed by atoms with Gasteiger partial charge in [-0.15, -0.1) is 0 Å². The Bertz CT molecular complexity index is 410. The predicted molar refractivity (Wildman–Crippen MR) is 102 cm³/mol. The summed E-state index contributed by atoms with van der Waals surface area (Å²) in [4.78, 5) is 21.1. The van der Waals surface area contributed by atoms with Crippen LogP contribution in [0.25, 0.3) is 0 Å². The van der Waals surface area contributed by atoms with Gasteiger partial charge in [-0.3, -0.25) is 4.90 Å². The van der Waals surface area contributed by atoms with Gasteiger partial charge in [-0.05, 0) is 32.2 Å². The highest BCUT2D eigenvalue weighted by molar-refractivity contribution is 5.74. The van der Waals surface area contributed by atoms with Crippen molar-refractivity contribution in [2.24, 2.45) is 5.92 Å². The number of amides is 2. The van der Waals surface area contributed by atoms with Crippen molar-refractivity contribution >= 4 is 6.03 Å². The maximum absolute atomic E-state index is 12.3. The minimum Gasteiger partial charge on any atom is -0.381 e. The molecule has 0 saturated carbocycles. The number of likely N-dealkylation sites (N-methyl/N-ethyl adjacent to an activating group) is 1. The van der Waals surface area contributed by atoms with Crippen LogP contribution in [-0.2, 0) is 4.74 Å². The Kier molecular flexibility index (Phi) is 7.97. The van der Waals surface area contributed by atoms with Gasteiger partial charge in [0.2, 0.25) is 0 Å². The molecule has 0 radical (unpaired) electrons. The molecule has 0 aromatic heterocycles. The third kappa shape index (κ3) is 6.12. The van der Waals surface area contributed by atoms with Crippen LogP contribution in [0.2, 0.25) is 0 Å². The highest BCUT2D eigenvalue weighted by Gasteiger charge is 2.34. The molecule has 0 aromatic carbocycles. The third-order valence-corrected chi connectivity index (χ3v) is 5.36. The summed E-state index contributed by atoms with van der Waals surface area (Å²) in [5.74, 6) is 0.696. The fourth-order valence-electron chi connectivity index (χ4n) is 4.15. The normalized spacial score (nSPS) is 22.4. The van der Waals surface area contributed by atoms with E-state index >= 15 is 0 Å². The number of ether oxygens (including phenoxy) is 1. The summed E-state index contributed by atoms with van der Waals surface area (Å²) in [7, 11) is 5.90. The number of carbonyl (C=O) groups is 1. The lowest BCUT2D eigenvalue weighted by Gasteiger charge is -2.39. The van der Waals surface area contributed by atoms with Gasteiger partial charge < -0.3 is 19.4 Å². The standard InChI is InChI=1S/C19H38N4O2/c1-16(2)14-21(5)10-11-23(17-7-12-25-13-8-17)18-6-9-22(15-18)19(24)20(3)4/h16-18H,6-15H2,1-5H3. The van der Waals surface area contributed by atoms with E-state index in [1.807, 2.05) is 19.0 Å². The van der Waals surface area contributed by atoms with Gasteiger partial charge >= 0.3 is 6.03 Å². The first-order chi connectivity index (χ1) is 11.9. The molecule has 0 bridgehead atoms. The Balaban J connectivity index is 1.95. The first-order valence-electron chi connectivity index (χ1n) is 9.86. The summed E-state index contributed by atoms with van der Waals surface area (Å²) in [5.41, 5.74) is 0. The molecule has 1 atom stereocenters. The number of nitrogens with zero attached hydrogens (tertiary/aromatic N) is 4. The van der Waals surface area contributed by atoms with Gasteiger partial charge in [0, 0.05) is 72.1 Å². The predicted octanol–water partition coefficient (Wildman–Crippen LogP) is 1.81. The van der Waals surface area contributed by atoms with Crippen LogP contribution in [0.5, 0.6) is 0 Å². The smallest absolute Gasteiger partial charge is 0.319 e. The SMILES string of the molecule is CC(C)CN(C)CCN(C1CCOCC1)C1CCN(C(=O)N(C)C)C1. The number of rotatable bonds is 7. The van der Waals surface area contributed by atoms with Gasteiger partial charge in [0.05, 0.1) is 0 Å². The first kappa shape index (κ1) is 20.5. The van der Waals surface area contributed by atoms with Crippen molar-refractivity contribution < 1.29 is 9.53 Å². The monoisotopic (exact) mass is 354 g/mol. The Morgan fingerprint density at radius 1 is 1.08 bits per heavy atom. The molecule has 25 heavy (non-hydrogen) atoms. The molecule has 6 heteroatoms. The molecule has 146 valence electrons. The number of carbonyl (C=O) groups excluding carboxylic acids is 1. The van der Waals surface area contributed by atoms with E-state index < -0.39 is 0 Å². The first-order valence-corrected chi connectivity index (χ1v) is 9.86. The highest BCUT2D eigenvalue weighted by Crippen LogP contribution is 2.23. The van der Waals surface area contributed by atoms with Crippen molar-refractivity contribution in [1.29, 1.82) is 0 Å². The van der Waals surface area contributed by atoms with Crippen LogP contribution in [0.4, 0.5) is 4.79 Å². The highest BCUT2D eigenvalue weighted by atomic mass is 16.5. The third-order valence-electron chi connectivity index (χ3n) is 5.36. The zero-order valence-corrected chi connectivity index (χ0v) is 16.9. The second-order valence-electron chi connectivity index (χ2n) is 8.30. The van der Waals surface area contributed by atoms with Gasteiger partial charge in [0.15, 0.2) is 0 Å². The fourth-order valence-corrected chi connectivity index (χ4v) is 4.15. The Hall–Kier alpha value is -0.850. The average Bonchev–Trinajstić information content (AvgIpc) is 3.04. The molecule has 2 amide bonds. The number of urea groups is 1. The summed E-state index contributed by atoms with van der Waals surface area (Å²) in [6, 6.07) is 1.23. The lowest BCUT2D eigenvalue weighted by molar-refractivity contribution is 0.0149. The van der Waals surface area contributed by atoms with Gasteiger partial charge in [0.1, 0.15) is 0 Å². The van der Waals surface area contributed by atoms with Crippen LogP contribution >= 0.6 is 0 Å². The molecule has 2 fully saturated rings. The van der Waals surface area contributed by atoms with Gasteiger partial charge in [-0.25, -0.2) is 4.79 Å². The Labute approximate surface area is 154 Å². The molecular formula is C19H38N4O2. The van der Waals surface area contributed by atoms with Crippen LogP contribution in [0.1, 0.15) is 33.1 Å². The van der Waals surface area contributed by atoms with Crippen LogP contribution in [0, 0.1) is 5.92 Å². The van der Waals surface area contributed by atoms with Gasteiger partial charge in [-0.1, -0.05) is 13.8 Å². The Morgan fingerprint density at radius 3 is 2.36 bits per heavy atom. The minimum atomic E-state index is 0.145. The van der Waals surface area contributed by atoms with E-state index in [1.54, 1.807) is 4.90 Å². The van der Waals surface area contributed by atoms with Crippen LogP contribution < -0.4 is 0 Å². The van der Waals surface area contributed by atoms with E-state index in [0.717, 1.165) is 65.2 Å². The fraction of sp³-hybridized carbons (Fsp3) is 0.947. The quantitative estimate of drug-likeness (QED) is 0.699. The maximum Gasteiger partial charge on any atom is 0.319 e. The van der Waals surface area contributed by atoms with Crippen molar-refractivity contribution in [3.05, 3.63) is 0 Å². The largest absolute Gasteiger partial charge is 0.381 e. The van der Waals surface area contributed by atoms with Gasteiger partial charge in [0.25, 0.3) is 0 Å². The maximum atomic E-state index is 12.3. The lowest BCUT2D eigenvalue weighted by Crippen LogP contribution is -2.50. The molecule has 2 aliphatic heterocycles. The van der Waals surface area contributed by atoms with Crippen molar-refractivity contribution in [3.8, 4) is 0 Å². The lowest BCUT2D eigenvalue weighted by atomic mass is 10.0. The number of likely N-dealkylation sites (tertiary alicyclic amines) is 1. The van der Waals surface area contributed by atoms with Crippen molar-refractivity contribution in [3.63, 3.8) is 0 Å². The molecule has 2 heterocycles. The molecule has 2 rings (SSSR count). The topological polar surface area (TPSA) is 39.3 Å². The zero-order chi connectivity index (χ0) is 18.4. The molecule has 6 nitrogen and oxygen atoms in total. The van der Waals surface area contributed by atoms with Crippen molar-refractivity contribution in [1.82, 2.24) is 19.6 Å². The molecule has 0 spiro atoms. The van der Waals surface area contributed by atoms with Crippen LogP contribution in [0.15, 0.2) is 0 Å². The Morgan fingerprint density at radius 2 is 1.76 bits per heavy atom. The molecule has 2 saturated heterocycles. The summed E-state index contributed by atoms with van der Waals surface area (Å²) in [5, 5.41) is 0. The number of hydrogen-bond donors (Lipinski definition) is 0. The minimum absolute atomic E-state index is 0.145. The van der Waals surface area contributed by atoms with Crippen LogP contribution in [-0.4, -0.2) is 105 Å². The van der Waals surface area contributed by atoms with E-state index in [4.69, 9.17) is 4.74 Å². The summed E-state index contributed by atoms with van der Waals surface area (Å²) in [6.07, 6.45) is 3.32. The van der Waals surface area contributed by atoms with E-state index in [1.165, 1.54) is 0 Å². The van der Waals surface area contributed by atoms with Crippen molar-refractivity contribution in [2.45, 2.75) is 45.2 Å². The molecule has 0 N–H and O–H groups in total. The van der Waals surface area contributed by atoms with Crippen molar-refractivity contribution in [2.75, 3.05) is 67.1 Å². The molecular weight excluding hydrogens is 316 g/mol. The molecule has 0 aliphatic carbocycles. The summed E-state index contributed by atoms with van der Waals surface area (Å²) < 4.78 is 5.57.